The maximum atomic E-state index is 11.9. The highest BCUT2D eigenvalue weighted by molar-refractivity contribution is 5.95. The minimum atomic E-state index is -1.09. The molecule has 1 heterocycles. The monoisotopic (exact) mass is 279 g/mol. The summed E-state index contributed by atoms with van der Waals surface area (Å²) in [6.07, 6.45) is 1.47. The molecule has 0 unspecified atom stereocenters. The van der Waals surface area contributed by atoms with Gasteiger partial charge in [-0.1, -0.05) is 6.07 Å². The fraction of sp³-hybridized carbons (Fsp3) is 0.385. The minimum Gasteiger partial charge on any atom is -0.480 e. The summed E-state index contributed by atoms with van der Waals surface area (Å²) >= 11 is 0. The van der Waals surface area contributed by atoms with Crippen molar-refractivity contribution < 1.29 is 19.5 Å². The van der Waals surface area contributed by atoms with E-state index in [9.17, 15) is 14.4 Å². The van der Waals surface area contributed by atoms with Crippen molar-refractivity contribution in [2.45, 2.75) is 19.9 Å². The second-order valence-corrected chi connectivity index (χ2v) is 4.41. The lowest BCUT2D eigenvalue weighted by Crippen LogP contribution is -2.46. The van der Waals surface area contributed by atoms with Crippen LogP contribution >= 0.6 is 0 Å². The van der Waals surface area contributed by atoms with Crippen LogP contribution in [0.4, 0.5) is 0 Å². The van der Waals surface area contributed by atoms with E-state index in [2.05, 4.69) is 10.3 Å². The Morgan fingerprint density at radius 1 is 1.35 bits per heavy atom. The molecule has 0 fully saturated rings. The number of amides is 2. The van der Waals surface area contributed by atoms with Crippen molar-refractivity contribution in [3.05, 3.63) is 30.1 Å². The molecule has 1 aromatic rings. The Morgan fingerprint density at radius 2 is 2.05 bits per heavy atom. The van der Waals surface area contributed by atoms with E-state index in [0.29, 0.717) is 0 Å². The van der Waals surface area contributed by atoms with Gasteiger partial charge in [0.15, 0.2) is 0 Å². The van der Waals surface area contributed by atoms with Crippen LogP contribution in [0, 0.1) is 0 Å². The van der Waals surface area contributed by atoms with E-state index in [1.54, 1.807) is 26.0 Å². The average Bonchev–Trinajstić information content (AvgIpc) is 2.42. The van der Waals surface area contributed by atoms with Crippen molar-refractivity contribution >= 4 is 17.8 Å². The third-order valence-corrected chi connectivity index (χ3v) is 2.55. The number of nitrogens with one attached hydrogen (secondary N) is 1. The fourth-order valence-electron chi connectivity index (χ4n) is 1.55. The number of carbonyl (C=O) groups is 3. The van der Waals surface area contributed by atoms with Gasteiger partial charge >= 0.3 is 5.97 Å². The number of aliphatic carboxylic acids is 1. The third-order valence-electron chi connectivity index (χ3n) is 2.55. The van der Waals surface area contributed by atoms with Crippen LogP contribution in [-0.2, 0) is 9.59 Å². The molecule has 108 valence electrons. The fourth-order valence-corrected chi connectivity index (χ4v) is 1.55. The Morgan fingerprint density at radius 3 is 2.55 bits per heavy atom. The van der Waals surface area contributed by atoms with Crippen LogP contribution in [0.3, 0.4) is 0 Å². The van der Waals surface area contributed by atoms with Crippen molar-refractivity contribution in [1.82, 2.24) is 15.2 Å². The van der Waals surface area contributed by atoms with E-state index in [-0.39, 0.29) is 18.3 Å². The maximum absolute atomic E-state index is 11.9. The molecule has 0 aliphatic rings. The van der Waals surface area contributed by atoms with Crippen LogP contribution in [0.25, 0.3) is 0 Å². The number of carbonyl (C=O) groups excluding carboxylic acids is 2. The first kappa shape index (κ1) is 15.6. The Hall–Kier alpha value is -2.44. The molecule has 0 spiro atoms. The normalized spacial score (nSPS) is 10.2. The number of hydrogen-bond donors (Lipinski definition) is 2. The van der Waals surface area contributed by atoms with Crippen LogP contribution in [-0.4, -0.2) is 51.9 Å². The van der Waals surface area contributed by atoms with Gasteiger partial charge in [0.2, 0.25) is 5.91 Å². The van der Waals surface area contributed by atoms with Crippen LogP contribution in [0.15, 0.2) is 24.4 Å². The number of aromatic nitrogens is 1. The Balaban J connectivity index is 2.57. The van der Waals surface area contributed by atoms with Crippen LogP contribution in [0.5, 0.6) is 0 Å². The molecule has 0 saturated carbocycles. The molecule has 2 N–H and O–H groups in total. The van der Waals surface area contributed by atoms with Gasteiger partial charge in [-0.25, -0.2) is 0 Å². The van der Waals surface area contributed by atoms with E-state index in [4.69, 9.17) is 5.11 Å². The molecular formula is C13H17N3O4. The molecule has 0 saturated heterocycles. The predicted octanol–water partition coefficient (Wildman–Crippen LogP) is 0.133. The van der Waals surface area contributed by atoms with E-state index in [0.717, 1.165) is 0 Å². The molecule has 0 aromatic carbocycles. The van der Waals surface area contributed by atoms with Gasteiger partial charge in [0.05, 0.1) is 6.54 Å². The Bertz CT molecular complexity index is 488. The molecule has 1 rings (SSSR count). The highest BCUT2D eigenvalue weighted by Gasteiger charge is 2.20. The molecule has 1 aromatic heterocycles. The lowest BCUT2D eigenvalue weighted by molar-refractivity contribution is -0.145. The first-order chi connectivity index (χ1) is 9.41. The van der Waals surface area contributed by atoms with E-state index >= 15 is 0 Å². The zero-order valence-corrected chi connectivity index (χ0v) is 11.4. The molecule has 7 nitrogen and oxygen atoms in total. The van der Waals surface area contributed by atoms with Gasteiger partial charge in [-0.05, 0) is 26.0 Å². The molecule has 0 aliphatic heterocycles. The zero-order valence-electron chi connectivity index (χ0n) is 11.4. The maximum Gasteiger partial charge on any atom is 0.323 e. The van der Waals surface area contributed by atoms with Gasteiger partial charge in [-0.3, -0.25) is 19.4 Å². The highest BCUT2D eigenvalue weighted by Crippen LogP contribution is 1.99. The van der Waals surface area contributed by atoms with Crippen molar-refractivity contribution in [3.8, 4) is 0 Å². The van der Waals surface area contributed by atoms with E-state index in [1.807, 2.05) is 0 Å². The van der Waals surface area contributed by atoms with Crippen LogP contribution in [0.1, 0.15) is 24.3 Å². The molecule has 2 amide bonds. The second kappa shape index (κ2) is 7.22. The quantitative estimate of drug-likeness (QED) is 0.771. The van der Waals surface area contributed by atoms with Crippen molar-refractivity contribution in [3.63, 3.8) is 0 Å². The highest BCUT2D eigenvalue weighted by atomic mass is 16.4. The lowest BCUT2D eigenvalue weighted by Gasteiger charge is -2.24. The number of carboxylic acids is 1. The number of rotatable bonds is 6. The molecule has 0 atom stereocenters. The molecule has 20 heavy (non-hydrogen) atoms. The van der Waals surface area contributed by atoms with Gasteiger partial charge in [-0.2, -0.15) is 0 Å². The van der Waals surface area contributed by atoms with Crippen LogP contribution in [0.2, 0.25) is 0 Å². The first-order valence-corrected chi connectivity index (χ1v) is 6.12. The molecule has 0 radical (unpaired) electrons. The van der Waals surface area contributed by atoms with E-state index < -0.39 is 24.3 Å². The summed E-state index contributed by atoms with van der Waals surface area (Å²) < 4.78 is 0. The summed E-state index contributed by atoms with van der Waals surface area (Å²) in [5.74, 6) is -2.02. The Labute approximate surface area is 116 Å². The average molecular weight is 279 g/mol. The van der Waals surface area contributed by atoms with Crippen molar-refractivity contribution in [1.29, 1.82) is 0 Å². The number of carboxylic acid groups (broad SMARTS) is 1. The van der Waals surface area contributed by atoms with Gasteiger partial charge < -0.3 is 15.3 Å². The predicted molar refractivity (Wildman–Crippen MR) is 71.1 cm³/mol. The van der Waals surface area contributed by atoms with Gasteiger partial charge in [0.25, 0.3) is 5.91 Å². The number of hydrogen-bond acceptors (Lipinski definition) is 4. The summed E-state index contributed by atoms with van der Waals surface area (Å²) in [6.45, 7) is 2.76. The summed E-state index contributed by atoms with van der Waals surface area (Å²) in [7, 11) is 0. The Kier molecular flexibility index (Phi) is 5.64. The molecule has 0 bridgehead atoms. The standard InChI is InChI=1S/C13H17N3O4/c1-9(2)16(8-12(18)19)11(17)7-15-13(20)10-5-3-4-6-14-10/h3-6,9H,7-8H2,1-2H3,(H,15,20)(H,18,19). The topological polar surface area (TPSA) is 99.6 Å². The number of nitrogens with zero attached hydrogens (tertiary/aromatic N) is 2. The zero-order chi connectivity index (χ0) is 15.1. The van der Waals surface area contributed by atoms with Crippen LogP contribution < -0.4 is 5.32 Å². The summed E-state index contributed by atoms with van der Waals surface area (Å²) in [4.78, 5) is 39.3. The molecule has 0 aliphatic carbocycles. The van der Waals surface area contributed by atoms with Crippen molar-refractivity contribution in [2.24, 2.45) is 0 Å². The lowest BCUT2D eigenvalue weighted by atomic mass is 10.3. The third kappa shape index (κ3) is 4.68. The van der Waals surface area contributed by atoms with Gasteiger partial charge in [-0.15, -0.1) is 0 Å². The minimum absolute atomic E-state index is 0.203. The first-order valence-electron chi connectivity index (χ1n) is 6.12. The molecular weight excluding hydrogens is 262 g/mol. The van der Waals surface area contributed by atoms with Gasteiger partial charge in [0.1, 0.15) is 12.2 Å². The second-order valence-electron chi connectivity index (χ2n) is 4.41. The number of pyridine rings is 1. The molecule has 7 heteroatoms. The summed E-state index contributed by atoms with van der Waals surface area (Å²) in [5, 5.41) is 11.2. The smallest absolute Gasteiger partial charge is 0.323 e. The van der Waals surface area contributed by atoms with Crippen molar-refractivity contribution in [2.75, 3.05) is 13.1 Å². The van der Waals surface area contributed by atoms with E-state index in [1.165, 1.54) is 17.2 Å². The SMILES string of the molecule is CC(C)N(CC(=O)O)C(=O)CNC(=O)c1ccccn1. The summed E-state index contributed by atoms with van der Waals surface area (Å²) in [5.41, 5.74) is 0.203. The van der Waals surface area contributed by atoms with Gasteiger partial charge in [0, 0.05) is 12.2 Å². The summed E-state index contributed by atoms with van der Waals surface area (Å²) in [6, 6.07) is 4.60. The largest absolute Gasteiger partial charge is 0.480 e.